The van der Waals surface area contributed by atoms with E-state index in [4.69, 9.17) is 11.6 Å². The fraction of sp³-hybridized carbons (Fsp3) is 0.167. The fourth-order valence-corrected chi connectivity index (χ4v) is 4.98. The number of amides is 1. The monoisotopic (exact) mass is 562 g/mol. The number of tetrazole rings is 1. The first kappa shape index (κ1) is 28.2. The van der Waals surface area contributed by atoms with Gasteiger partial charge < -0.3 is 10.4 Å². The van der Waals surface area contributed by atoms with Crippen LogP contribution in [0.25, 0.3) is 0 Å². The maximum atomic E-state index is 13.1. The first-order valence-electron chi connectivity index (χ1n) is 11.0. The summed E-state index contributed by atoms with van der Waals surface area (Å²) in [5.74, 6) is -0.494. The molecule has 0 spiro atoms. The summed E-state index contributed by atoms with van der Waals surface area (Å²) in [6, 6.07) is 19.4. The zero-order valence-electron chi connectivity index (χ0n) is 19.3. The summed E-state index contributed by atoms with van der Waals surface area (Å²) in [6.07, 6.45) is -0.0316. The lowest BCUT2D eigenvalue weighted by Crippen LogP contribution is -2.23. The summed E-state index contributed by atoms with van der Waals surface area (Å²) in [7, 11) is -3.83. The maximum absolute atomic E-state index is 13.1. The summed E-state index contributed by atoms with van der Waals surface area (Å²) < 4.78 is 26.2. The number of hydrogen-bond acceptors (Lipinski definition) is 8. The lowest BCUT2D eigenvalue weighted by Gasteiger charge is -2.13. The van der Waals surface area contributed by atoms with E-state index in [0.717, 1.165) is 11.1 Å². The zero-order valence-corrected chi connectivity index (χ0v) is 21.7. The van der Waals surface area contributed by atoms with Gasteiger partial charge in [-0.15, -0.1) is 12.4 Å². The smallest absolute Gasteiger partial charge is 0.258 e. The van der Waals surface area contributed by atoms with E-state index in [1.165, 1.54) is 24.3 Å². The molecule has 0 radical (unpaired) electrons. The largest absolute Gasteiger partial charge is 0.387 e. The third-order valence-corrected chi connectivity index (χ3v) is 7.38. The second-order valence-electron chi connectivity index (χ2n) is 7.90. The second kappa shape index (κ2) is 12.7. The van der Waals surface area contributed by atoms with Crippen LogP contribution in [0.15, 0.2) is 82.6 Å². The Labute approximate surface area is 224 Å². The number of halogens is 2. The molecule has 13 heteroatoms. The van der Waals surface area contributed by atoms with Crippen molar-refractivity contribution in [3.63, 3.8) is 0 Å². The number of anilines is 1. The molecule has 4 aromatic rings. The minimum absolute atomic E-state index is 0. The molecule has 4 N–H and O–H groups in total. The summed E-state index contributed by atoms with van der Waals surface area (Å²) in [5, 5.41) is 29.2. The third-order valence-electron chi connectivity index (χ3n) is 5.38. The number of nitrogens with zero attached hydrogens (tertiary/aromatic N) is 3. The van der Waals surface area contributed by atoms with Crippen molar-refractivity contribution in [1.82, 2.24) is 25.9 Å². The van der Waals surface area contributed by atoms with Crippen LogP contribution in [-0.4, -0.2) is 53.1 Å². The molecule has 0 saturated carbocycles. The van der Waals surface area contributed by atoms with Gasteiger partial charge in [-0.1, -0.05) is 47.0 Å². The predicted octanol–water partition coefficient (Wildman–Crippen LogP) is 3.23. The van der Waals surface area contributed by atoms with Crippen LogP contribution in [0.1, 0.15) is 27.6 Å². The minimum Gasteiger partial charge on any atom is -0.387 e. The van der Waals surface area contributed by atoms with E-state index in [1.54, 1.807) is 42.5 Å². The van der Waals surface area contributed by atoms with Gasteiger partial charge in [-0.2, -0.15) is 0 Å². The van der Waals surface area contributed by atoms with Gasteiger partial charge in [0.1, 0.15) is 0 Å². The molecular formula is C24H24Cl2N6O4S. The van der Waals surface area contributed by atoms with E-state index in [9.17, 15) is 18.3 Å². The molecule has 4 rings (SSSR count). The molecule has 0 bridgehead atoms. The first-order valence-corrected chi connectivity index (χ1v) is 12.8. The molecule has 3 aromatic carbocycles. The number of carbonyl (C=O) groups is 1. The number of aliphatic hydroxyl groups excluding tert-OH is 1. The average molecular weight is 563 g/mol. The van der Waals surface area contributed by atoms with Gasteiger partial charge in [-0.05, 0) is 77.0 Å². The van der Waals surface area contributed by atoms with Crippen molar-refractivity contribution in [2.24, 2.45) is 0 Å². The Hall–Kier alpha value is -3.35. The third kappa shape index (κ3) is 7.34. The predicted molar refractivity (Wildman–Crippen MR) is 141 cm³/mol. The Balaban J connectivity index is 0.00000380. The molecule has 0 fully saturated rings. The van der Waals surface area contributed by atoms with Gasteiger partial charge in [-0.25, -0.2) is 13.5 Å². The van der Waals surface area contributed by atoms with E-state index in [1.807, 2.05) is 6.07 Å². The quantitative estimate of drug-likeness (QED) is 0.215. The highest BCUT2D eigenvalue weighted by atomic mass is 35.5. The first-order chi connectivity index (χ1) is 17.3. The van der Waals surface area contributed by atoms with Gasteiger partial charge in [0.15, 0.2) is 0 Å². The fourth-order valence-electron chi connectivity index (χ4n) is 3.47. The van der Waals surface area contributed by atoms with Crippen LogP contribution in [0.5, 0.6) is 0 Å². The molecule has 194 valence electrons. The van der Waals surface area contributed by atoms with Crippen LogP contribution in [0.2, 0.25) is 5.02 Å². The Morgan fingerprint density at radius 3 is 2.49 bits per heavy atom. The van der Waals surface area contributed by atoms with Gasteiger partial charge in [0, 0.05) is 17.1 Å². The number of rotatable bonds is 10. The standard InChI is InChI=1S/C24H23ClN6O4S.ClH/c25-19-5-1-3-17(13-19)22(32)15-26-12-11-16-7-9-20(10-8-16)36(34,35)21-6-2-4-18(14-21)23(33)27-24-28-30-31-29-24;/h1-10,13-14,22,26,32H,11-12,15H2,(H2,27,28,29,30,31,33);1H/t22-;/m1./s1. The van der Waals surface area contributed by atoms with Crippen molar-refractivity contribution in [1.29, 1.82) is 0 Å². The van der Waals surface area contributed by atoms with Gasteiger partial charge in [0.05, 0.1) is 15.9 Å². The van der Waals surface area contributed by atoms with E-state index in [2.05, 4.69) is 31.3 Å². The number of sulfone groups is 1. The molecule has 0 aliphatic rings. The highest BCUT2D eigenvalue weighted by Crippen LogP contribution is 2.23. The maximum Gasteiger partial charge on any atom is 0.258 e. The van der Waals surface area contributed by atoms with Crippen molar-refractivity contribution >= 4 is 45.7 Å². The lowest BCUT2D eigenvalue weighted by molar-refractivity contribution is 0.102. The number of benzene rings is 3. The highest BCUT2D eigenvalue weighted by molar-refractivity contribution is 7.91. The average Bonchev–Trinajstić information content (AvgIpc) is 3.40. The zero-order chi connectivity index (χ0) is 25.5. The summed E-state index contributed by atoms with van der Waals surface area (Å²) in [5.41, 5.74) is 1.82. The van der Waals surface area contributed by atoms with Gasteiger partial charge >= 0.3 is 0 Å². The Morgan fingerprint density at radius 2 is 1.78 bits per heavy atom. The number of hydrogen-bond donors (Lipinski definition) is 4. The van der Waals surface area contributed by atoms with E-state index >= 15 is 0 Å². The number of aromatic amines is 1. The van der Waals surface area contributed by atoms with Gasteiger partial charge in [0.25, 0.3) is 5.91 Å². The normalized spacial score (nSPS) is 11.9. The van der Waals surface area contributed by atoms with E-state index < -0.39 is 21.8 Å². The van der Waals surface area contributed by atoms with Crippen LogP contribution in [0, 0.1) is 0 Å². The molecule has 0 saturated heterocycles. The molecule has 0 aliphatic carbocycles. The van der Waals surface area contributed by atoms with E-state index in [-0.39, 0.29) is 33.7 Å². The van der Waals surface area contributed by atoms with Crippen LogP contribution in [0.4, 0.5) is 5.95 Å². The molecule has 37 heavy (non-hydrogen) atoms. The van der Waals surface area contributed by atoms with Crippen LogP contribution in [0.3, 0.4) is 0 Å². The number of carbonyl (C=O) groups excluding carboxylic acids is 1. The molecule has 0 unspecified atom stereocenters. The van der Waals surface area contributed by atoms with Crippen LogP contribution in [-0.2, 0) is 16.3 Å². The van der Waals surface area contributed by atoms with E-state index in [0.29, 0.717) is 24.5 Å². The molecule has 1 amide bonds. The molecule has 1 heterocycles. The molecular weight excluding hydrogens is 539 g/mol. The number of aromatic nitrogens is 4. The highest BCUT2D eigenvalue weighted by Gasteiger charge is 2.19. The lowest BCUT2D eigenvalue weighted by atomic mass is 10.1. The van der Waals surface area contributed by atoms with Crippen molar-refractivity contribution in [2.75, 3.05) is 18.4 Å². The SMILES string of the molecule is Cl.O=C(Nc1nnn[nH]1)c1cccc(S(=O)(=O)c2ccc(CCNC[C@@H](O)c3cccc(Cl)c3)cc2)c1. The Kier molecular flexibility index (Phi) is 9.73. The summed E-state index contributed by atoms with van der Waals surface area (Å²) in [6.45, 7) is 0.964. The molecule has 10 nitrogen and oxygen atoms in total. The Bertz CT molecular complexity index is 1430. The van der Waals surface area contributed by atoms with Crippen molar-refractivity contribution < 1.29 is 18.3 Å². The van der Waals surface area contributed by atoms with Crippen molar-refractivity contribution in [3.05, 3.63) is 94.5 Å². The van der Waals surface area contributed by atoms with Crippen molar-refractivity contribution in [3.8, 4) is 0 Å². The van der Waals surface area contributed by atoms with Gasteiger partial charge in [-0.3, -0.25) is 10.1 Å². The molecule has 1 atom stereocenters. The summed E-state index contributed by atoms with van der Waals surface area (Å²) in [4.78, 5) is 12.5. The number of nitrogens with one attached hydrogen (secondary N) is 3. The molecule has 0 aliphatic heterocycles. The van der Waals surface area contributed by atoms with Gasteiger partial charge in [0.2, 0.25) is 15.8 Å². The topological polar surface area (TPSA) is 150 Å². The number of H-pyrrole nitrogens is 1. The van der Waals surface area contributed by atoms with Crippen LogP contribution < -0.4 is 10.6 Å². The summed E-state index contributed by atoms with van der Waals surface area (Å²) >= 11 is 5.96. The second-order valence-corrected chi connectivity index (χ2v) is 10.3. The molecule has 1 aromatic heterocycles. The number of aliphatic hydroxyl groups is 1. The Morgan fingerprint density at radius 1 is 1.03 bits per heavy atom. The van der Waals surface area contributed by atoms with Crippen molar-refractivity contribution in [2.45, 2.75) is 22.3 Å². The van der Waals surface area contributed by atoms with Crippen LogP contribution >= 0.6 is 24.0 Å². The minimum atomic E-state index is -3.83.